The number of anilines is 4. The van der Waals surface area contributed by atoms with Crippen LogP contribution in [0.15, 0.2) is 48.8 Å². The van der Waals surface area contributed by atoms with Gasteiger partial charge < -0.3 is 26.6 Å². The lowest BCUT2D eigenvalue weighted by molar-refractivity contribution is -0.385. The molecule has 0 radical (unpaired) electrons. The van der Waals surface area contributed by atoms with Gasteiger partial charge in [0.1, 0.15) is 23.3 Å². The van der Waals surface area contributed by atoms with Crippen molar-refractivity contribution in [1.82, 2.24) is 15.3 Å². The van der Waals surface area contributed by atoms with Crippen LogP contribution in [0.1, 0.15) is 39.1 Å². The molecular formula is C25H25N9O4. The van der Waals surface area contributed by atoms with Crippen LogP contribution in [0.4, 0.5) is 28.7 Å². The first kappa shape index (κ1) is 25.8. The molecule has 0 aliphatic carbocycles. The number of aromatic nitrogens is 2. The normalized spacial score (nSPS) is 13.3. The minimum Gasteiger partial charge on any atom is -0.381 e. The molecule has 194 valence electrons. The quantitative estimate of drug-likeness (QED) is 0.256. The fourth-order valence-electron chi connectivity index (χ4n) is 4.19. The summed E-state index contributed by atoms with van der Waals surface area (Å²) >= 11 is 0. The summed E-state index contributed by atoms with van der Waals surface area (Å²) in [5.41, 5.74) is 6.69. The van der Waals surface area contributed by atoms with E-state index in [0.717, 1.165) is 31.7 Å². The van der Waals surface area contributed by atoms with Gasteiger partial charge in [0.25, 0.3) is 17.5 Å². The van der Waals surface area contributed by atoms with E-state index in [9.17, 15) is 19.7 Å². The summed E-state index contributed by atoms with van der Waals surface area (Å²) in [6, 6.07) is 11.4. The number of nitrogens with two attached hydrogens (primary N) is 1. The zero-order valence-corrected chi connectivity index (χ0v) is 20.5. The number of amides is 2. The van der Waals surface area contributed by atoms with Crippen LogP contribution in [0.25, 0.3) is 0 Å². The van der Waals surface area contributed by atoms with Crippen LogP contribution in [0.2, 0.25) is 0 Å². The molecule has 5 N–H and O–H groups in total. The van der Waals surface area contributed by atoms with Crippen molar-refractivity contribution in [3.05, 3.63) is 75.6 Å². The van der Waals surface area contributed by atoms with Gasteiger partial charge in [0, 0.05) is 56.4 Å². The Bertz CT molecular complexity index is 1410. The summed E-state index contributed by atoms with van der Waals surface area (Å²) < 4.78 is 0. The maximum Gasteiger partial charge on any atom is 0.284 e. The molecule has 1 aliphatic heterocycles. The number of pyridine rings is 2. The van der Waals surface area contributed by atoms with Gasteiger partial charge in [0.05, 0.1) is 21.7 Å². The lowest BCUT2D eigenvalue weighted by Crippen LogP contribution is -2.39. The van der Waals surface area contributed by atoms with Crippen LogP contribution >= 0.6 is 0 Å². The summed E-state index contributed by atoms with van der Waals surface area (Å²) in [4.78, 5) is 45.5. The van der Waals surface area contributed by atoms with Crippen LogP contribution in [0, 0.1) is 21.4 Å². The van der Waals surface area contributed by atoms with Crippen LogP contribution in [-0.4, -0.2) is 52.9 Å². The molecule has 0 spiro atoms. The van der Waals surface area contributed by atoms with E-state index >= 15 is 0 Å². The molecule has 13 heteroatoms. The van der Waals surface area contributed by atoms with E-state index in [2.05, 4.69) is 36.9 Å². The van der Waals surface area contributed by atoms with Gasteiger partial charge in [-0.3, -0.25) is 19.7 Å². The number of nitrogens with one attached hydrogen (secondary N) is 3. The molecule has 0 unspecified atom stereocenters. The molecule has 0 atom stereocenters. The maximum atomic E-state index is 12.0. The summed E-state index contributed by atoms with van der Waals surface area (Å²) in [6.07, 6.45) is 4.41. The van der Waals surface area contributed by atoms with Crippen molar-refractivity contribution in [2.45, 2.75) is 18.9 Å². The average Bonchev–Trinajstić information content (AvgIpc) is 2.93. The molecule has 3 aromatic rings. The third kappa shape index (κ3) is 5.76. The van der Waals surface area contributed by atoms with Crippen LogP contribution in [0.3, 0.4) is 0 Å². The second kappa shape index (κ2) is 11.2. The standard InChI is InChI=1S/C25H25N9O4/c1-28-25(36)18-4-3-17(10-21(18)34(37)38)32-22-11-20(19(14-29-22)24(27)35)31-16-6-8-33(9-7-16)23-5-2-15(12-26)13-30-23/h2-5,10-11,13-14,16H,6-9H2,1H3,(H2,27,35)(H,28,36)(H2,29,31,32). The first-order valence-corrected chi connectivity index (χ1v) is 11.7. The minimum absolute atomic E-state index is 0.0471. The first-order valence-electron chi connectivity index (χ1n) is 11.7. The van der Waals surface area contributed by atoms with E-state index in [0.29, 0.717) is 22.8 Å². The summed E-state index contributed by atoms with van der Waals surface area (Å²) in [7, 11) is 1.39. The van der Waals surface area contributed by atoms with Crippen molar-refractivity contribution >= 4 is 40.5 Å². The predicted octanol–water partition coefficient (Wildman–Crippen LogP) is 2.54. The Kier molecular flexibility index (Phi) is 7.62. The Balaban J connectivity index is 1.49. The topological polar surface area (TPSA) is 192 Å². The monoisotopic (exact) mass is 515 g/mol. The fourth-order valence-corrected chi connectivity index (χ4v) is 4.19. The number of nitro groups is 1. The van der Waals surface area contributed by atoms with Gasteiger partial charge in [-0.15, -0.1) is 0 Å². The molecule has 1 saturated heterocycles. The fraction of sp³-hybridized carbons (Fsp3) is 0.240. The van der Waals surface area contributed by atoms with Crippen molar-refractivity contribution in [3.63, 3.8) is 0 Å². The molecule has 2 amide bonds. The van der Waals surface area contributed by atoms with Crippen molar-refractivity contribution in [2.24, 2.45) is 5.73 Å². The van der Waals surface area contributed by atoms with E-state index < -0.39 is 16.7 Å². The number of nitro benzene ring substituents is 1. The Labute approximate surface area is 217 Å². The molecule has 0 saturated carbocycles. The summed E-state index contributed by atoms with van der Waals surface area (Å²) in [5, 5.41) is 29.2. The van der Waals surface area contributed by atoms with Crippen molar-refractivity contribution in [3.8, 4) is 6.07 Å². The number of hydrogen-bond donors (Lipinski definition) is 4. The predicted molar refractivity (Wildman–Crippen MR) is 140 cm³/mol. The number of carbonyl (C=O) groups excluding carboxylic acids is 2. The van der Waals surface area contributed by atoms with Gasteiger partial charge >= 0.3 is 0 Å². The minimum atomic E-state index is -0.642. The van der Waals surface area contributed by atoms with Crippen LogP contribution in [0.5, 0.6) is 0 Å². The molecule has 1 fully saturated rings. The highest BCUT2D eigenvalue weighted by molar-refractivity contribution is 5.99. The van der Waals surface area contributed by atoms with Gasteiger partial charge in [-0.25, -0.2) is 9.97 Å². The maximum absolute atomic E-state index is 12.0. The molecule has 13 nitrogen and oxygen atoms in total. The smallest absolute Gasteiger partial charge is 0.284 e. The third-order valence-corrected chi connectivity index (χ3v) is 6.16. The number of piperidine rings is 1. The number of primary amides is 1. The van der Waals surface area contributed by atoms with E-state index in [1.165, 1.54) is 31.4 Å². The van der Waals surface area contributed by atoms with Gasteiger partial charge in [0.2, 0.25) is 0 Å². The molecular weight excluding hydrogens is 490 g/mol. The van der Waals surface area contributed by atoms with Crippen LogP contribution in [-0.2, 0) is 0 Å². The first-order chi connectivity index (χ1) is 18.3. The summed E-state index contributed by atoms with van der Waals surface area (Å²) in [6.45, 7) is 1.44. The largest absolute Gasteiger partial charge is 0.381 e. The number of benzene rings is 1. The number of carbonyl (C=O) groups is 2. The Hall–Kier alpha value is -5.25. The van der Waals surface area contributed by atoms with Gasteiger partial charge in [0.15, 0.2) is 0 Å². The highest BCUT2D eigenvalue weighted by Gasteiger charge is 2.23. The van der Waals surface area contributed by atoms with Crippen molar-refractivity contribution < 1.29 is 14.5 Å². The van der Waals surface area contributed by atoms with Gasteiger partial charge in [-0.2, -0.15) is 5.26 Å². The van der Waals surface area contributed by atoms with Crippen molar-refractivity contribution in [2.75, 3.05) is 35.7 Å². The zero-order chi connectivity index (χ0) is 27.2. The van der Waals surface area contributed by atoms with E-state index in [1.807, 2.05) is 6.07 Å². The van der Waals surface area contributed by atoms with Crippen molar-refractivity contribution in [1.29, 1.82) is 5.26 Å². The average molecular weight is 516 g/mol. The number of hydrogen-bond acceptors (Lipinski definition) is 10. The Morgan fingerprint density at radius 1 is 1.13 bits per heavy atom. The highest BCUT2D eigenvalue weighted by Crippen LogP contribution is 2.28. The Morgan fingerprint density at radius 2 is 1.89 bits per heavy atom. The second-order valence-electron chi connectivity index (χ2n) is 8.60. The molecule has 0 bridgehead atoms. The van der Waals surface area contributed by atoms with Gasteiger partial charge in [-0.05, 0) is 37.1 Å². The SMILES string of the molecule is CNC(=O)c1ccc(Nc2cc(NC3CCN(c4ccc(C#N)cn4)CC3)c(C(N)=O)cn2)cc1[N+](=O)[O-]. The van der Waals surface area contributed by atoms with E-state index in [4.69, 9.17) is 11.0 Å². The zero-order valence-electron chi connectivity index (χ0n) is 20.5. The third-order valence-electron chi connectivity index (χ3n) is 6.16. The molecule has 2 aromatic heterocycles. The van der Waals surface area contributed by atoms with Gasteiger partial charge in [-0.1, -0.05) is 0 Å². The van der Waals surface area contributed by atoms with E-state index in [-0.39, 0.29) is 22.9 Å². The number of nitriles is 1. The van der Waals surface area contributed by atoms with E-state index in [1.54, 1.807) is 18.3 Å². The highest BCUT2D eigenvalue weighted by atomic mass is 16.6. The summed E-state index contributed by atoms with van der Waals surface area (Å²) in [5.74, 6) is -0.0815. The molecule has 1 aromatic carbocycles. The Morgan fingerprint density at radius 3 is 2.50 bits per heavy atom. The molecule has 3 heterocycles. The number of nitrogens with zero attached hydrogens (tertiary/aromatic N) is 5. The number of rotatable bonds is 8. The second-order valence-corrected chi connectivity index (χ2v) is 8.60. The lowest BCUT2D eigenvalue weighted by Gasteiger charge is -2.34. The molecule has 1 aliphatic rings. The van der Waals surface area contributed by atoms with Crippen LogP contribution < -0.4 is 26.6 Å². The molecule has 38 heavy (non-hydrogen) atoms. The lowest BCUT2D eigenvalue weighted by atomic mass is 10.0. The molecule has 4 rings (SSSR count).